The maximum absolute atomic E-state index is 12.8. The van der Waals surface area contributed by atoms with Crippen LogP contribution in [0.25, 0.3) is 0 Å². The summed E-state index contributed by atoms with van der Waals surface area (Å²) in [6.45, 7) is 2.11. The van der Waals surface area contributed by atoms with Crippen LogP contribution in [-0.4, -0.2) is 17.8 Å². The lowest BCUT2D eigenvalue weighted by atomic mass is 10.1. The van der Waals surface area contributed by atoms with Crippen molar-refractivity contribution in [2.75, 3.05) is 10.2 Å². The van der Waals surface area contributed by atoms with Crippen molar-refractivity contribution in [1.82, 2.24) is 0 Å². The molecule has 0 saturated carbocycles. The summed E-state index contributed by atoms with van der Waals surface area (Å²) in [7, 11) is 0. The third kappa shape index (κ3) is 4.81. The van der Waals surface area contributed by atoms with Gasteiger partial charge >= 0.3 is 5.97 Å². The third-order valence-electron chi connectivity index (χ3n) is 5.10. The van der Waals surface area contributed by atoms with Crippen LogP contribution in [0.15, 0.2) is 89.6 Å². The van der Waals surface area contributed by atoms with Crippen LogP contribution >= 0.6 is 11.6 Å². The number of hydrogen-bond donors (Lipinski definition) is 1. The molecule has 0 aliphatic carbocycles. The highest BCUT2D eigenvalue weighted by molar-refractivity contribution is 6.53. The molecule has 0 bridgehead atoms. The Bertz CT molecular complexity index is 1220. The lowest BCUT2D eigenvalue weighted by Crippen LogP contribution is -2.32. The highest BCUT2D eigenvalue weighted by Gasteiger charge is 2.38. The van der Waals surface area contributed by atoms with E-state index in [1.165, 1.54) is 5.56 Å². The van der Waals surface area contributed by atoms with Crippen LogP contribution in [0.3, 0.4) is 0 Å². The molecule has 166 valence electrons. The molecular weight excluding hydrogens is 440 g/mol. The van der Waals surface area contributed by atoms with E-state index in [9.17, 15) is 14.4 Å². The molecule has 2 amide bonds. The van der Waals surface area contributed by atoms with E-state index in [0.717, 1.165) is 17.7 Å². The average molecular weight is 461 g/mol. The maximum atomic E-state index is 12.8. The second-order valence-electron chi connectivity index (χ2n) is 7.46. The Balaban J connectivity index is 1.43. The Morgan fingerprint density at radius 3 is 2.21 bits per heavy atom. The quantitative estimate of drug-likeness (QED) is 0.294. The number of nitrogens with one attached hydrogen (secondary N) is 1. The minimum absolute atomic E-state index is 0.0204. The smallest absolute Gasteiger partial charge is 0.343 e. The Labute approximate surface area is 196 Å². The standard InChI is InChI=1S/C26H21ClN2O4/c1-2-6-17-9-15-21(16-10-17)33-26(32)18-11-13-19(14-12-18)28-23-22(27)24(30)29(25(23)31)20-7-4-3-5-8-20/h3-5,7-16,28H,2,6H2,1H3. The van der Waals surface area contributed by atoms with Crippen LogP contribution in [0.4, 0.5) is 11.4 Å². The Morgan fingerprint density at radius 1 is 0.909 bits per heavy atom. The van der Waals surface area contributed by atoms with Crippen molar-refractivity contribution in [3.63, 3.8) is 0 Å². The SMILES string of the molecule is CCCc1ccc(OC(=O)c2ccc(NC3=C(Cl)C(=O)N(c4ccccc4)C3=O)cc2)cc1. The van der Waals surface area contributed by atoms with Gasteiger partial charge in [-0.3, -0.25) is 9.59 Å². The summed E-state index contributed by atoms with van der Waals surface area (Å²) in [6, 6.07) is 22.3. The second-order valence-corrected chi connectivity index (χ2v) is 7.83. The van der Waals surface area contributed by atoms with Crippen LogP contribution in [0.2, 0.25) is 0 Å². The predicted octanol–water partition coefficient (Wildman–Crippen LogP) is 5.29. The first-order valence-electron chi connectivity index (χ1n) is 10.5. The van der Waals surface area contributed by atoms with E-state index in [1.807, 2.05) is 12.1 Å². The first-order chi connectivity index (χ1) is 16.0. The van der Waals surface area contributed by atoms with E-state index in [-0.39, 0.29) is 10.7 Å². The van der Waals surface area contributed by atoms with Crippen LogP contribution in [0.1, 0.15) is 29.3 Å². The summed E-state index contributed by atoms with van der Waals surface area (Å²) in [5.74, 6) is -1.17. The molecule has 3 aromatic carbocycles. The number of halogens is 1. The van der Waals surface area contributed by atoms with Gasteiger partial charge in [-0.25, -0.2) is 9.69 Å². The Morgan fingerprint density at radius 2 is 1.58 bits per heavy atom. The zero-order valence-corrected chi connectivity index (χ0v) is 18.6. The van der Waals surface area contributed by atoms with Crippen LogP contribution in [0.5, 0.6) is 5.75 Å². The van der Waals surface area contributed by atoms with Gasteiger partial charge in [-0.1, -0.05) is 55.3 Å². The molecule has 0 fully saturated rings. The first kappa shape index (κ1) is 22.3. The van der Waals surface area contributed by atoms with E-state index in [2.05, 4.69) is 12.2 Å². The monoisotopic (exact) mass is 460 g/mol. The predicted molar refractivity (Wildman–Crippen MR) is 127 cm³/mol. The minimum atomic E-state index is -0.597. The Kier molecular flexibility index (Phi) is 6.56. The normalized spacial score (nSPS) is 13.5. The fraction of sp³-hybridized carbons (Fsp3) is 0.115. The molecule has 33 heavy (non-hydrogen) atoms. The molecule has 0 spiro atoms. The van der Waals surface area contributed by atoms with Crippen LogP contribution in [-0.2, 0) is 16.0 Å². The summed E-state index contributed by atoms with van der Waals surface area (Å²) in [5, 5.41) is 2.69. The zero-order chi connectivity index (χ0) is 23.4. The van der Waals surface area contributed by atoms with E-state index < -0.39 is 17.8 Å². The number of anilines is 2. The van der Waals surface area contributed by atoms with E-state index >= 15 is 0 Å². The van der Waals surface area contributed by atoms with Gasteiger partial charge < -0.3 is 10.1 Å². The molecule has 0 saturated heterocycles. The largest absolute Gasteiger partial charge is 0.423 e. The van der Waals surface area contributed by atoms with Gasteiger partial charge in [0.15, 0.2) is 0 Å². The molecule has 3 aromatic rings. The van der Waals surface area contributed by atoms with Gasteiger partial charge in [0.05, 0.1) is 11.3 Å². The number of amides is 2. The number of carbonyl (C=O) groups excluding carboxylic acids is 3. The second kappa shape index (κ2) is 9.71. The van der Waals surface area contributed by atoms with Crippen molar-refractivity contribution in [2.45, 2.75) is 19.8 Å². The molecule has 1 aliphatic rings. The lowest BCUT2D eigenvalue weighted by Gasteiger charge is -2.14. The number of rotatable bonds is 7. The molecule has 0 atom stereocenters. The van der Waals surface area contributed by atoms with Gasteiger partial charge in [0.25, 0.3) is 11.8 Å². The fourth-order valence-electron chi connectivity index (χ4n) is 3.44. The molecule has 1 heterocycles. The molecule has 0 aromatic heterocycles. The summed E-state index contributed by atoms with van der Waals surface area (Å²) in [5.41, 5.74) is 2.44. The fourth-order valence-corrected chi connectivity index (χ4v) is 3.65. The number of ether oxygens (including phenoxy) is 1. The topological polar surface area (TPSA) is 75.7 Å². The molecule has 7 heteroatoms. The van der Waals surface area contributed by atoms with Gasteiger partial charge in [0.1, 0.15) is 16.5 Å². The van der Waals surface area contributed by atoms with E-state index in [4.69, 9.17) is 16.3 Å². The molecule has 1 N–H and O–H groups in total. The highest BCUT2D eigenvalue weighted by Crippen LogP contribution is 2.30. The summed E-state index contributed by atoms with van der Waals surface area (Å²) in [4.78, 5) is 38.8. The maximum Gasteiger partial charge on any atom is 0.343 e. The zero-order valence-electron chi connectivity index (χ0n) is 17.9. The van der Waals surface area contributed by atoms with Crippen molar-refractivity contribution in [2.24, 2.45) is 0 Å². The summed E-state index contributed by atoms with van der Waals surface area (Å²) < 4.78 is 5.42. The summed E-state index contributed by atoms with van der Waals surface area (Å²) >= 11 is 6.15. The number of hydrogen-bond acceptors (Lipinski definition) is 5. The van der Waals surface area contributed by atoms with Gasteiger partial charge in [0, 0.05) is 5.69 Å². The minimum Gasteiger partial charge on any atom is -0.423 e. The molecule has 4 rings (SSSR count). The van der Waals surface area contributed by atoms with Crippen molar-refractivity contribution in [1.29, 1.82) is 0 Å². The average Bonchev–Trinajstić information content (AvgIpc) is 3.04. The number of aryl methyl sites for hydroxylation is 1. The molecule has 6 nitrogen and oxygen atoms in total. The van der Waals surface area contributed by atoms with Crippen LogP contribution in [0, 0.1) is 0 Å². The van der Waals surface area contributed by atoms with Crippen molar-refractivity contribution >= 4 is 40.8 Å². The van der Waals surface area contributed by atoms with Crippen molar-refractivity contribution in [3.8, 4) is 5.75 Å². The van der Waals surface area contributed by atoms with E-state index in [0.29, 0.717) is 22.7 Å². The van der Waals surface area contributed by atoms with Gasteiger partial charge in [-0.15, -0.1) is 0 Å². The lowest BCUT2D eigenvalue weighted by molar-refractivity contribution is -0.120. The third-order valence-corrected chi connectivity index (χ3v) is 5.45. The van der Waals surface area contributed by atoms with Crippen molar-refractivity contribution < 1.29 is 19.1 Å². The Hall–Kier alpha value is -3.90. The molecule has 1 aliphatic heterocycles. The number of para-hydroxylation sites is 1. The van der Waals surface area contributed by atoms with Gasteiger partial charge in [-0.05, 0) is 60.5 Å². The molecule has 0 radical (unpaired) electrons. The number of carbonyl (C=O) groups is 3. The molecule has 0 unspecified atom stereocenters. The number of imide groups is 1. The van der Waals surface area contributed by atoms with Crippen molar-refractivity contribution in [3.05, 3.63) is 101 Å². The van der Waals surface area contributed by atoms with Gasteiger partial charge in [0.2, 0.25) is 0 Å². The molecular formula is C26H21ClN2O4. The summed E-state index contributed by atoms with van der Waals surface area (Å²) in [6.07, 6.45) is 2.02. The first-order valence-corrected chi connectivity index (χ1v) is 10.9. The van der Waals surface area contributed by atoms with Gasteiger partial charge in [-0.2, -0.15) is 0 Å². The number of esters is 1. The van der Waals surface area contributed by atoms with Crippen LogP contribution < -0.4 is 15.0 Å². The van der Waals surface area contributed by atoms with E-state index in [1.54, 1.807) is 66.7 Å². The number of benzene rings is 3. The highest BCUT2D eigenvalue weighted by atomic mass is 35.5. The number of nitrogens with zero attached hydrogens (tertiary/aromatic N) is 1.